The fourth-order valence-corrected chi connectivity index (χ4v) is 7.49. The molecule has 224 valence electrons. The predicted molar refractivity (Wildman–Crippen MR) is 199 cm³/mol. The third-order valence-electron chi connectivity index (χ3n) is 10.0. The molecular weight excluding hydrogens is 569 g/mol. The fourth-order valence-electron chi connectivity index (χ4n) is 7.49. The van der Waals surface area contributed by atoms with Crippen LogP contribution in [-0.2, 0) is 5.41 Å². The Morgan fingerprint density at radius 2 is 0.851 bits per heavy atom. The minimum Gasteiger partial charge on any atom is -0.309 e. The van der Waals surface area contributed by atoms with Crippen molar-refractivity contribution < 1.29 is 0 Å². The molecule has 0 bridgehead atoms. The lowest BCUT2D eigenvalue weighted by Gasteiger charge is -2.27. The van der Waals surface area contributed by atoms with E-state index in [4.69, 9.17) is 0 Å². The van der Waals surface area contributed by atoms with E-state index in [9.17, 15) is 0 Å². The normalized spacial score (nSPS) is 12.0. The third-order valence-corrected chi connectivity index (χ3v) is 10.0. The monoisotopic (exact) mass is 602 g/mol. The average molecular weight is 603 g/mol. The Labute approximate surface area is 274 Å². The molecule has 2 aromatic heterocycles. The van der Waals surface area contributed by atoms with Crippen LogP contribution in [-0.4, -0.2) is 9.13 Å². The number of para-hydroxylation sites is 2. The zero-order chi connectivity index (χ0) is 31.5. The van der Waals surface area contributed by atoms with Gasteiger partial charge in [-0.15, -0.1) is 0 Å². The van der Waals surface area contributed by atoms with E-state index in [2.05, 4.69) is 193 Å². The first-order valence-electron chi connectivity index (χ1n) is 16.4. The van der Waals surface area contributed by atoms with Gasteiger partial charge in [0.2, 0.25) is 0 Å². The molecule has 9 rings (SSSR count). The van der Waals surface area contributed by atoms with Crippen LogP contribution in [0.1, 0.15) is 25.0 Å². The molecular formula is C45H34N2. The zero-order valence-electron chi connectivity index (χ0n) is 26.6. The molecule has 2 heterocycles. The zero-order valence-corrected chi connectivity index (χ0v) is 26.6. The molecule has 0 aliphatic carbocycles. The largest absolute Gasteiger partial charge is 0.309 e. The topological polar surface area (TPSA) is 9.86 Å². The quantitative estimate of drug-likeness (QED) is 0.185. The fraction of sp³-hybridized carbons (Fsp3) is 0.0667. The summed E-state index contributed by atoms with van der Waals surface area (Å²) in [5.74, 6) is 0. The molecule has 0 N–H and O–H groups in total. The molecule has 0 amide bonds. The summed E-state index contributed by atoms with van der Waals surface area (Å²) in [5, 5.41) is 5.03. The molecule has 0 fully saturated rings. The summed E-state index contributed by atoms with van der Waals surface area (Å²) in [6.07, 6.45) is 0. The first kappa shape index (κ1) is 27.5. The summed E-state index contributed by atoms with van der Waals surface area (Å²) >= 11 is 0. The second-order valence-corrected chi connectivity index (χ2v) is 13.0. The van der Waals surface area contributed by atoms with Gasteiger partial charge in [0.1, 0.15) is 0 Å². The smallest absolute Gasteiger partial charge is 0.0542 e. The van der Waals surface area contributed by atoms with E-state index < -0.39 is 0 Å². The Morgan fingerprint density at radius 3 is 1.53 bits per heavy atom. The maximum Gasteiger partial charge on any atom is 0.0542 e. The summed E-state index contributed by atoms with van der Waals surface area (Å²) in [6.45, 7) is 4.63. The number of benzene rings is 7. The van der Waals surface area contributed by atoms with Crippen molar-refractivity contribution in [3.05, 3.63) is 181 Å². The number of nitrogens with zero attached hydrogens (tertiary/aromatic N) is 2. The van der Waals surface area contributed by atoms with Crippen molar-refractivity contribution in [3.8, 4) is 22.5 Å². The number of hydrogen-bond donors (Lipinski definition) is 0. The molecule has 0 atom stereocenters. The van der Waals surface area contributed by atoms with Crippen LogP contribution in [0.4, 0.5) is 0 Å². The highest BCUT2D eigenvalue weighted by Crippen LogP contribution is 2.39. The lowest BCUT2D eigenvalue weighted by atomic mass is 9.78. The molecule has 2 nitrogen and oxygen atoms in total. The molecule has 0 aliphatic rings. The molecule has 0 aliphatic heterocycles. The van der Waals surface area contributed by atoms with E-state index in [1.807, 2.05) is 0 Å². The molecule has 0 radical (unpaired) electrons. The summed E-state index contributed by atoms with van der Waals surface area (Å²) in [5.41, 5.74) is 12.1. The number of fused-ring (bicyclic) bond motifs is 6. The minimum absolute atomic E-state index is 0.139. The van der Waals surface area contributed by atoms with Crippen molar-refractivity contribution in [2.24, 2.45) is 0 Å². The van der Waals surface area contributed by atoms with Gasteiger partial charge in [-0.2, -0.15) is 0 Å². The molecule has 47 heavy (non-hydrogen) atoms. The van der Waals surface area contributed by atoms with Crippen LogP contribution >= 0.6 is 0 Å². The van der Waals surface area contributed by atoms with Gasteiger partial charge in [-0.1, -0.05) is 129 Å². The third kappa shape index (κ3) is 4.33. The van der Waals surface area contributed by atoms with Crippen LogP contribution in [0.3, 0.4) is 0 Å². The van der Waals surface area contributed by atoms with Gasteiger partial charge in [-0.3, -0.25) is 0 Å². The van der Waals surface area contributed by atoms with Crippen molar-refractivity contribution >= 4 is 43.6 Å². The van der Waals surface area contributed by atoms with Crippen LogP contribution in [0.2, 0.25) is 0 Å². The molecule has 0 unspecified atom stereocenters. The van der Waals surface area contributed by atoms with Gasteiger partial charge in [0.15, 0.2) is 0 Å². The SMILES string of the molecule is CC(C)(c1ccccc1)c1cccc(-n2c3ccc(-c4ccccc4)cc3c3cc(-n4c5ccccc5c5ccccc54)ccc32)c1. The van der Waals surface area contributed by atoms with Gasteiger partial charge in [-0.05, 0) is 76.9 Å². The second-order valence-electron chi connectivity index (χ2n) is 13.0. The van der Waals surface area contributed by atoms with E-state index in [1.54, 1.807) is 0 Å². The van der Waals surface area contributed by atoms with Gasteiger partial charge in [0.25, 0.3) is 0 Å². The maximum atomic E-state index is 2.44. The highest BCUT2D eigenvalue weighted by molar-refractivity contribution is 6.13. The second kappa shape index (κ2) is 10.6. The summed E-state index contributed by atoms with van der Waals surface area (Å²) in [7, 11) is 0. The van der Waals surface area contributed by atoms with Gasteiger partial charge < -0.3 is 9.13 Å². The van der Waals surface area contributed by atoms with Crippen molar-refractivity contribution in [2.75, 3.05) is 0 Å². The highest BCUT2D eigenvalue weighted by Gasteiger charge is 2.24. The van der Waals surface area contributed by atoms with Gasteiger partial charge in [0, 0.05) is 38.3 Å². The highest BCUT2D eigenvalue weighted by atomic mass is 15.0. The van der Waals surface area contributed by atoms with Gasteiger partial charge in [-0.25, -0.2) is 0 Å². The Morgan fingerprint density at radius 1 is 0.340 bits per heavy atom. The average Bonchev–Trinajstić information content (AvgIpc) is 3.64. The van der Waals surface area contributed by atoms with Crippen LogP contribution in [0.5, 0.6) is 0 Å². The van der Waals surface area contributed by atoms with Gasteiger partial charge >= 0.3 is 0 Å². The standard InChI is InChI=1S/C45H34N2/c1-45(2,33-16-7-4-8-17-33)34-18-13-19-35(29-34)46-43-26-24-32(31-14-5-3-6-15-31)28-39(43)40-30-36(25-27-44(40)46)47-41-22-11-9-20-37(41)38-21-10-12-23-42(38)47/h3-30H,1-2H3. The Bertz CT molecular complexity index is 2530. The number of aromatic nitrogens is 2. The number of rotatable bonds is 5. The summed E-state index contributed by atoms with van der Waals surface area (Å²) in [4.78, 5) is 0. The van der Waals surface area contributed by atoms with Crippen LogP contribution < -0.4 is 0 Å². The maximum absolute atomic E-state index is 2.44. The molecule has 7 aromatic carbocycles. The lowest BCUT2D eigenvalue weighted by Crippen LogP contribution is -2.19. The Kier molecular flexibility index (Phi) is 6.20. The summed E-state index contributed by atoms with van der Waals surface area (Å²) in [6, 6.07) is 62.0. The van der Waals surface area contributed by atoms with E-state index in [0.29, 0.717) is 0 Å². The molecule has 0 spiro atoms. The van der Waals surface area contributed by atoms with Crippen LogP contribution in [0, 0.1) is 0 Å². The van der Waals surface area contributed by atoms with E-state index in [0.717, 1.165) is 5.69 Å². The molecule has 9 aromatic rings. The molecule has 0 saturated carbocycles. The van der Waals surface area contributed by atoms with Crippen molar-refractivity contribution in [1.82, 2.24) is 9.13 Å². The predicted octanol–water partition coefficient (Wildman–Crippen LogP) is 11.9. The van der Waals surface area contributed by atoms with Crippen molar-refractivity contribution in [1.29, 1.82) is 0 Å². The Hall–Kier alpha value is -5.86. The van der Waals surface area contributed by atoms with E-state index in [1.165, 1.54) is 71.6 Å². The van der Waals surface area contributed by atoms with E-state index >= 15 is 0 Å². The summed E-state index contributed by atoms with van der Waals surface area (Å²) < 4.78 is 4.86. The van der Waals surface area contributed by atoms with Gasteiger partial charge in [0.05, 0.1) is 22.1 Å². The Balaban J connectivity index is 1.31. The molecule has 0 saturated heterocycles. The van der Waals surface area contributed by atoms with Crippen LogP contribution in [0.15, 0.2) is 170 Å². The lowest BCUT2D eigenvalue weighted by molar-refractivity contribution is 0.640. The van der Waals surface area contributed by atoms with Crippen molar-refractivity contribution in [2.45, 2.75) is 19.3 Å². The molecule has 2 heteroatoms. The minimum atomic E-state index is -0.139. The van der Waals surface area contributed by atoms with E-state index in [-0.39, 0.29) is 5.41 Å². The van der Waals surface area contributed by atoms with Crippen molar-refractivity contribution in [3.63, 3.8) is 0 Å². The number of hydrogen-bond acceptors (Lipinski definition) is 0. The first-order valence-corrected chi connectivity index (χ1v) is 16.4. The first-order chi connectivity index (χ1) is 23.1. The van der Waals surface area contributed by atoms with Crippen LogP contribution in [0.25, 0.3) is 66.1 Å².